The maximum Gasteiger partial charge on any atom is 0.186 e. The topological polar surface area (TPSA) is 73.6 Å². The summed E-state index contributed by atoms with van der Waals surface area (Å²) < 4.78 is 5.74. The fourth-order valence-electron chi connectivity index (χ4n) is 2.21. The zero-order chi connectivity index (χ0) is 12.1. The Morgan fingerprint density at radius 1 is 1.24 bits per heavy atom. The molecule has 0 saturated carbocycles. The first-order valence-corrected chi connectivity index (χ1v) is 6.06. The minimum Gasteiger partial charge on any atom is -0.491 e. The van der Waals surface area contributed by atoms with Gasteiger partial charge in [-0.3, -0.25) is 4.99 Å². The summed E-state index contributed by atoms with van der Waals surface area (Å²) in [4.78, 5) is 3.90. The van der Waals surface area contributed by atoms with Crippen molar-refractivity contribution in [3.63, 3.8) is 0 Å². The number of benzene rings is 1. The lowest BCUT2D eigenvalue weighted by Crippen LogP contribution is -2.23. The van der Waals surface area contributed by atoms with Crippen molar-refractivity contribution in [2.45, 2.75) is 25.7 Å². The zero-order valence-corrected chi connectivity index (χ0v) is 9.98. The van der Waals surface area contributed by atoms with Crippen LogP contribution in [-0.4, -0.2) is 19.1 Å². The minimum absolute atomic E-state index is 0.115. The zero-order valence-electron chi connectivity index (χ0n) is 9.98. The van der Waals surface area contributed by atoms with E-state index in [1.165, 1.54) is 30.4 Å². The lowest BCUT2D eigenvalue weighted by Gasteiger charge is -2.19. The van der Waals surface area contributed by atoms with Crippen molar-refractivity contribution in [1.82, 2.24) is 0 Å². The highest BCUT2D eigenvalue weighted by Gasteiger charge is 2.13. The van der Waals surface area contributed by atoms with E-state index in [2.05, 4.69) is 17.1 Å². The predicted octanol–water partition coefficient (Wildman–Crippen LogP) is 1.22. The van der Waals surface area contributed by atoms with Gasteiger partial charge in [-0.2, -0.15) is 0 Å². The fraction of sp³-hybridized carbons (Fsp3) is 0.462. The summed E-state index contributed by atoms with van der Waals surface area (Å²) in [6, 6.07) is 6.27. The molecule has 0 saturated heterocycles. The smallest absolute Gasteiger partial charge is 0.186 e. The van der Waals surface area contributed by atoms with Crippen LogP contribution in [0.4, 0.5) is 0 Å². The van der Waals surface area contributed by atoms with Gasteiger partial charge < -0.3 is 16.2 Å². The molecule has 2 rings (SSSR count). The molecule has 0 unspecified atom stereocenters. The van der Waals surface area contributed by atoms with E-state index in [0.29, 0.717) is 13.2 Å². The van der Waals surface area contributed by atoms with E-state index >= 15 is 0 Å². The molecule has 1 aromatic rings. The van der Waals surface area contributed by atoms with Crippen LogP contribution in [0.2, 0.25) is 0 Å². The number of hydrogen-bond donors (Lipinski definition) is 2. The normalized spacial score (nSPS) is 13.9. The first-order chi connectivity index (χ1) is 8.27. The third-order valence-electron chi connectivity index (χ3n) is 3.00. The molecule has 0 fully saturated rings. The van der Waals surface area contributed by atoms with Crippen molar-refractivity contribution in [2.75, 3.05) is 13.2 Å². The molecule has 4 nitrogen and oxygen atoms in total. The minimum atomic E-state index is 0.115. The summed E-state index contributed by atoms with van der Waals surface area (Å²) in [6.07, 6.45) is 4.82. The van der Waals surface area contributed by atoms with Gasteiger partial charge in [0.15, 0.2) is 5.96 Å². The number of fused-ring (bicyclic) bond motifs is 1. The van der Waals surface area contributed by atoms with Crippen LogP contribution in [0.3, 0.4) is 0 Å². The Kier molecular flexibility index (Phi) is 3.85. The van der Waals surface area contributed by atoms with Crippen LogP contribution in [0.5, 0.6) is 5.75 Å². The van der Waals surface area contributed by atoms with E-state index in [1.807, 2.05) is 6.07 Å². The monoisotopic (exact) mass is 233 g/mol. The molecule has 1 aliphatic carbocycles. The molecular weight excluding hydrogens is 214 g/mol. The number of nitrogens with zero attached hydrogens (tertiary/aromatic N) is 1. The molecule has 0 aromatic heterocycles. The van der Waals surface area contributed by atoms with Crippen molar-refractivity contribution < 1.29 is 4.74 Å². The van der Waals surface area contributed by atoms with Crippen molar-refractivity contribution in [1.29, 1.82) is 0 Å². The van der Waals surface area contributed by atoms with Gasteiger partial charge in [-0.05, 0) is 42.9 Å². The predicted molar refractivity (Wildman–Crippen MR) is 69.3 cm³/mol. The van der Waals surface area contributed by atoms with Crippen LogP contribution in [0, 0.1) is 0 Å². The average Bonchev–Trinajstić information content (AvgIpc) is 2.34. The van der Waals surface area contributed by atoms with Gasteiger partial charge in [0.2, 0.25) is 0 Å². The molecule has 4 heteroatoms. The molecule has 0 atom stereocenters. The summed E-state index contributed by atoms with van der Waals surface area (Å²) in [5.74, 6) is 1.11. The van der Waals surface area contributed by atoms with Crippen molar-refractivity contribution >= 4 is 5.96 Å². The van der Waals surface area contributed by atoms with Crippen molar-refractivity contribution in [3.8, 4) is 5.75 Å². The van der Waals surface area contributed by atoms with Crippen LogP contribution >= 0.6 is 0 Å². The number of aryl methyl sites for hydroxylation is 1. The quantitative estimate of drug-likeness (QED) is 0.466. The molecule has 0 radical (unpaired) electrons. The van der Waals surface area contributed by atoms with E-state index < -0.39 is 0 Å². The molecule has 4 N–H and O–H groups in total. The highest BCUT2D eigenvalue weighted by molar-refractivity contribution is 5.75. The molecule has 0 spiro atoms. The van der Waals surface area contributed by atoms with E-state index in [0.717, 1.165) is 12.2 Å². The van der Waals surface area contributed by atoms with Gasteiger partial charge in [-0.15, -0.1) is 0 Å². The van der Waals surface area contributed by atoms with Crippen molar-refractivity contribution in [2.24, 2.45) is 16.5 Å². The maximum absolute atomic E-state index is 5.74. The van der Waals surface area contributed by atoms with Gasteiger partial charge in [0, 0.05) is 0 Å². The first kappa shape index (κ1) is 11.8. The van der Waals surface area contributed by atoms with E-state index in [1.54, 1.807) is 0 Å². The van der Waals surface area contributed by atoms with E-state index in [9.17, 15) is 0 Å². The van der Waals surface area contributed by atoms with E-state index in [-0.39, 0.29) is 5.96 Å². The summed E-state index contributed by atoms with van der Waals surface area (Å²) >= 11 is 0. The maximum atomic E-state index is 5.74. The molecular formula is C13H19N3O. The van der Waals surface area contributed by atoms with Crippen LogP contribution in [0.15, 0.2) is 23.2 Å². The molecule has 1 aromatic carbocycles. The van der Waals surface area contributed by atoms with E-state index in [4.69, 9.17) is 16.2 Å². The Labute approximate surface area is 102 Å². The number of ether oxygens (including phenoxy) is 1. The largest absolute Gasteiger partial charge is 0.491 e. The van der Waals surface area contributed by atoms with Crippen molar-refractivity contribution in [3.05, 3.63) is 29.3 Å². The number of rotatable bonds is 4. The SMILES string of the molecule is NC(N)=NCCOc1cccc2c1CCCC2. The standard InChI is InChI=1S/C13H19N3O/c14-13(15)16-8-9-17-12-7-3-5-10-4-1-2-6-11(10)12/h3,5,7H,1-2,4,6,8-9H2,(H4,14,15,16). The lowest BCUT2D eigenvalue weighted by atomic mass is 9.91. The Balaban J connectivity index is 1.98. The van der Waals surface area contributed by atoms with Gasteiger partial charge in [0.1, 0.15) is 12.4 Å². The first-order valence-electron chi connectivity index (χ1n) is 6.06. The molecule has 17 heavy (non-hydrogen) atoms. The number of nitrogens with two attached hydrogens (primary N) is 2. The van der Waals surface area contributed by atoms with Crippen LogP contribution in [0.1, 0.15) is 24.0 Å². The molecule has 0 aliphatic heterocycles. The second kappa shape index (κ2) is 5.57. The summed E-state index contributed by atoms with van der Waals surface area (Å²) in [6.45, 7) is 1.03. The molecule has 0 bridgehead atoms. The summed E-state index contributed by atoms with van der Waals surface area (Å²) in [5, 5.41) is 0. The highest BCUT2D eigenvalue weighted by atomic mass is 16.5. The fourth-order valence-corrected chi connectivity index (χ4v) is 2.21. The number of guanidine groups is 1. The van der Waals surface area contributed by atoms with Crippen LogP contribution in [-0.2, 0) is 12.8 Å². The Morgan fingerprint density at radius 2 is 2.06 bits per heavy atom. The summed E-state index contributed by atoms with van der Waals surface area (Å²) in [7, 11) is 0. The Hall–Kier alpha value is -1.71. The second-order valence-corrected chi connectivity index (χ2v) is 4.26. The molecule has 1 aliphatic rings. The average molecular weight is 233 g/mol. The number of aliphatic imine (C=N–C) groups is 1. The second-order valence-electron chi connectivity index (χ2n) is 4.26. The lowest BCUT2D eigenvalue weighted by molar-refractivity contribution is 0.323. The summed E-state index contributed by atoms with van der Waals surface area (Å²) in [5.41, 5.74) is 13.3. The van der Waals surface area contributed by atoms with Gasteiger partial charge in [0.05, 0.1) is 6.54 Å². The van der Waals surface area contributed by atoms with Crippen LogP contribution < -0.4 is 16.2 Å². The Bertz CT molecular complexity index is 411. The highest BCUT2D eigenvalue weighted by Crippen LogP contribution is 2.29. The van der Waals surface area contributed by atoms with Gasteiger partial charge >= 0.3 is 0 Å². The number of hydrogen-bond acceptors (Lipinski definition) is 2. The van der Waals surface area contributed by atoms with Gasteiger partial charge in [0.25, 0.3) is 0 Å². The van der Waals surface area contributed by atoms with Gasteiger partial charge in [-0.1, -0.05) is 12.1 Å². The third-order valence-corrected chi connectivity index (χ3v) is 3.00. The molecule has 92 valence electrons. The Morgan fingerprint density at radius 3 is 2.88 bits per heavy atom. The van der Waals surface area contributed by atoms with Gasteiger partial charge in [-0.25, -0.2) is 0 Å². The van der Waals surface area contributed by atoms with Crippen LogP contribution in [0.25, 0.3) is 0 Å². The molecule has 0 amide bonds. The third kappa shape index (κ3) is 3.12. The molecule has 0 heterocycles.